The fraction of sp³-hybridized carbons (Fsp3) is 0.529. The van der Waals surface area contributed by atoms with Gasteiger partial charge in [-0.3, -0.25) is 0 Å². The highest BCUT2D eigenvalue weighted by Gasteiger charge is 2.49. The second-order valence-electron chi connectivity index (χ2n) is 6.27. The Kier molecular flexibility index (Phi) is 4.52. The molecule has 2 aliphatic rings. The Labute approximate surface area is 135 Å². The van der Waals surface area contributed by atoms with Crippen molar-refractivity contribution in [3.8, 4) is 0 Å². The average Bonchev–Trinajstić information content (AvgIpc) is 2.93. The highest BCUT2D eigenvalue weighted by Crippen LogP contribution is 2.44. The molecule has 2 saturated heterocycles. The number of ether oxygens (including phenoxy) is 2. The Morgan fingerprint density at radius 2 is 1.96 bits per heavy atom. The van der Waals surface area contributed by atoms with Crippen LogP contribution in [-0.4, -0.2) is 43.3 Å². The topological polar surface area (TPSA) is 78.9 Å². The number of likely N-dealkylation sites (tertiary alicyclic amines) is 1. The summed E-state index contributed by atoms with van der Waals surface area (Å²) in [6, 6.07) is 9.40. The number of carboxylic acid groups (broad SMARTS) is 1. The van der Waals surface area contributed by atoms with E-state index in [4.69, 9.17) is 9.47 Å². The van der Waals surface area contributed by atoms with Crippen molar-refractivity contribution in [1.29, 1.82) is 0 Å². The van der Waals surface area contributed by atoms with Crippen LogP contribution in [0.2, 0.25) is 0 Å². The molecule has 124 valence electrons. The molecule has 0 radical (unpaired) electrons. The minimum atomic E-state index is -1.09. The van der Waals surface area contributed by atoms with Gasteiger partial charge in [-0.05, 0) is 18.4 Å². The Morgan fingerprint density at radius 1 is 1.26 bits per heavy atom. The predicted octanol–water partition coefficient (Wildman–Crippen LogP) is 0.802. The van der Waals surface area contributed by atoms with Gasteiger partial charge in [-0.15, -0.1) is 0 Å². The molecule has 23 heavy (non-hydrogen) atoms. The quantitative estimate of drug-likeness (QED) is 0.824. The SMILES string of the molecule is O=C([O-])C1CN(C(=O)OCc2ccccc2)CC12CCOCC2. The summed E-state index contributed by atoms with van der Waals surface area (Å²) in [6.45, 7) is 1.77. The Hall–Kier alpha value is -2.08. The summed E-state index contributed by atoms with van der Waals surface area (Å²) in [5.74, 6) is -1.75. The van der Waals surface area contributed by atoms with Gasteiger partial charge < -0.3 is 24.3 Å². The predicted molar refractivity (Wildman–Crippen MR) is 79.2 cm³/mol. The lowest BCUT2D eigenvalue weighted by molar-refractivity contribution is -0.314. The van der Waals surface area contributed by atoms with Crippen molar-refractivity contribution in [3.05, 3.63) is 35.9 Å². The first-order chi connectivity index (χ1) is 11.1. The first kappa shape index (κ1) is 15.8. The second kappa shape index (κ2) is 6.58. The van der Waals surface area contributed by atoms with Gasteiger partial charge in [0, 0.05) is 43.6 Å². The highest BCUT2D eigenvalue weighted by atomic mass is 16.6. The third kappa shape index (κ3) is 3.32. The zero-order valence-electron chi connectivity index (χ0n) is 12.9. The van der Waals surface area contributed by atoms with Crippen molar-refractivity contribution in [2.24, 2.45) is 11.3 Å². The molecular weight excluding hydrogens is 298 g/mol. The number of carbonyl (C=O) groups is 2. The number of hydrogen-bond donors (Lipinski definition) is 0. The number of hydrogen-bond acceptors (Lipinski definition) is 5. The number of aliphatic carboxylic acids is 1. The number of carbonyl (C=O) groups excluding carboxylic acids is 2. The summed E-state index contributed by atoms with van der Waals surface area (Å²) in [5, 5.41) is 11.5. The summed E-state index contributed by atoms with van der Waals surface area (Å²) in [7, 11) is 0. The number of benzene rings is 1. The highest BCUT2D eigenvalue weighted by molar-refractivity contribution is 5.74. The Morgan fingerprint density at radius 3 is 2.61 bits per heavy atom. The normalized spacial score (nSPS) is 23.0. The summed E-state index contributed by atoms with van der Waals surface area (Å²) >= 11 is 0. The summed E-state index contributed by atoms with van der Waals surface area (Å²) in [4.78, 5) is 25.3. The van der Waals surface area contributed by atoms with E-state index in [1.54, 1.807) is 0 Å². The standard InChI is InChI=1S/C17H21NO5/c19-15(20)14-10-18(12-17(14)6-8-22-9-7-17)16(21)23-11-13-4-2-1-3-5-13/h1-5,14H,6-12H2,(H,19,20)/p-1. The molecule has 6 heteroatoms. The van der Waals surface area contributed by atoms with E-state index in [0.29, 0.717) is 32.6 Å². The van der Waals surface area contributed by atoms with E-state index >= 15 is 0 Å². The van der Waals surface area contributed by atoms with Gasteiger partial charge in [0.15, 0.2) is 0 Å². The minimum Gasteiger partial charge on any atom is -0.550 e. The van der Waals surface area contributed by atoms with Gasteiger partial charge in [0.25, 0.3) is 0 Å². The molecule has 2 heterocycles. The lowest BCUT2D eigenvalue weighted by Crippen LogP contribution is -2.45. The number of rotatable bonds is 3. The van der Waals surface area contributed by atoms with Gasteiger partial charge in [0.05, 0.1) is 0 Å². The molecule has 1 spiro atoms. The molecule has 1 unspecified atom stereocenters. The molecule has 1 aromatic rings. The molecular formula is C17H20NO5-. The largest absolute Gasteiger partial charge is 0.550 e. The average molecular weight is 318 g/mol. The van der Waals surface area contributed by atoms with Crippen molar-refractivity contribution in [3.63, 3.8) is 0 Å². The summed E-state index contributed by atoms with van der Waals surface area (Å²) in [6.07, 6.45) is 0.797. The molecule has 0 bridgehead atoms. The fourth-order valence-electron chi connectivity index (χ4n) is 3.53. The van der Waals surface area contributed by atoms with Crippen LogP contribution in [0.25, 0.3) is 0 Å². The molecule has 6 nitrogen and oxygen atoms in total. The first-order valence-electron chi connectivity index (χ1n) is 7.85. The third-order valence-electron chi connectivity index (χ3n) is 4.88. The maximum absolute atomic E-state index is 12.3. The van der Waals surface area contributed by atoms with Crippen molar-refractivity contribution >= 4 is 12.1 Å². The van der Waals surface area contributed by atoms with E-state index in [0.717, 1.165) is 5.56 Å². The van der Waals surface area contributed by atoms with E-state index in [2.05, 4.69) is 0 Å². The second-order valence-corrected chi connectivity index (χ2v) is 6.27. The van der Waals surface area contributed by atoms with Crippen LogP contribution in [0, 0.1) is 11.3 Å². The van der Waals surface area contributed by atoms with Gasteiger partial charge in [-0.25, -0.2) is 4.79 Å². The lowest BCUT2D eigenvalue weighted by Gasteiger charge is -2.38. The molecule has 2 fully saturated rings. The van der Waals surface area contributed by atoms with E-state index < -0.39 is 23.4 Å². The Balaban J connectivity index is 1.64. The third-order valence-corrected chi connectivity index (χ3v) is 4.88. The molecule has 3 rings (SSSR count). The molecule has 0 N–H and O–H groups in total. The van der Waals surface area contributed by atoms with Crippen molar-refractivity contribution in [2.75, 3.05) is 26.3 Å². The van der Waals surface area contributed by atoms with Gasteiger partial charge in [0.1, 0.15) is 6.61 Å². The van der Waals surface area contributed by atoms with Crippen molar-refractivity contribution < 1.29 is 24.2 Å². The van der Waals surface area contributed by atoms with Crippen molar-refractivity contribution in [2.45, 2.75) is 19.4 Å². The van der Waals surface area contributed by atoms with Crippen LogP contribution >= 0.6 is 0 Å². The molecule has 2 aliphatic heterocycles. The summed E-state index contributed by atoms with van der Waals surface area (Å²) in [5.41, 5.74) is 0.459. The van der Waals surface area contributed by atoms with Gasteiger partial charge in [-0.2, -0.15) is 0 Å². The van der Waals surface area contributed by atoms with Gasteiger partial charge in [-0.1, -0.05) is 30.3 Å². The monoisotopic (exact) mass is 318 g/mol. The van der Waals surface area contributed by atoms with Crippen molar-refractivity contribution in [1.82, 2.24) is 4.90 Å². The number of carboxylic acids is 1. The van der Waals surface area contributed by atoms with Gasteiger partial charge >= 0.3 is 6.09 Å². The van der Waals surface area contributed by atoms with Crippen LogP contribution in [0.3, 0.4) is 0 Å². The lowest BCUT2D eigenvalue weighted by atomic mass is 9.72. The molecule has 1 amide bonds. The molecule has 0 saturated carbocycles. The molecule has 1 aromatic carbocycles. The van der Waals surface area contributed by atoms with E-state index in [9.17, 15) is 14.7 Å². The smallest absolute Gasteiger partial charge is 0.410 e. The summed E-state index contributed by atoms with van der Waals surface area (Å²) < 4.78 is 10.7. The van der Waals surface area contributed by atoms with Crippen LogP contribution < -0.4 is 5.11 Å². The van der Waals surface area contributed by atoms with E-state index in [1.165, 1.54) is 4.90 Å². The first-order valence-corrected chi connectivity index (χ1v) is 7.85. The van der Waals surface area contributed by atoms with Crippen LogP contribution in [0.15, 0.2) is 30.3 Å². The van der Waals surface area contributed by atoms with Crippen LogP contribution in [0.5, 0.6) is 0 Å². The van der Waals surface area contributed by atoms with Crippen LogP contribution in [-0.2, 0) is 20.9 Å². The van der Waals surface area contributed by atoms with E-state index in [-0.39, 0.29) is 13.2 Å². The van der Waals surface area contributed by atoms with Gasteiger partial charge in [0.2, 0.25) is 0 Å². The fourth-order valence-corrected chi connectivity index (χ4v) is 3.53. The zero-order chi connectivity index (χ0) is 16.3. The molecule has 0 aromatic heterocycles. The maximum atomic E-state index is 12.3. The zero-order valence-corrected chi connectivity index (χ0v) is 12.9. The maximum Gasteiger partial charge on any atom is 0.410 e. The number of amides is 1. The number of nitrogens with zero attached hydrogens (tertiary/aromatic N) is 1. The molecule has 1 atom stereocenters. The van der Waals surface area contributed by atoms with E-state index in [1.807, 2.05) is 30.3 Å². The molecule has 0 aliphatic carbocycles. The van der Waals surface area contributed by atoms with Crippen LogP contribution in [0.4, 0.5) is 4.79 Å². The Bertz CT molecular complexity index is 568. The van der Waals surface area contributed by atoms with Crippen LogP contribution in [0.1, 0.15) is 18.4 Å². The minimum absolute atomic E-state index is 0.149.